The summed E-state index contributed by atoms with van der Waals surface area (Å²) in [5.41, 5.74) is -0.573. The van der Waals surface area contributed by atoms with Crippen molar-refractivity contribution in [1.29, 1.82) is 0 Å². The van der Waals surface area contributed by atoms with Crippen molar-refractivity contribution < 1.29 is 26.7 Å². The monoisotopic (exact) mass is 552 g/mol. The molecular formula is C25H36N4O6S2. The average molecular weight is 553 g/mol. The van der Waals surface area contributed by atoms with Crippen LogP contribution in [0.2, 0.25) is 0 Å². The highest BCUT2D eigenvalue weighted by atomic mass is 32.2. The quantitative estimate of drug-likeness (QED) is 0.442. The van der Waals surface area contributed by atoms with Gasteiger partial charge >= 0.3 is 0 Å². The average Bonchev–Trinajstić information content (AvgIpc) is 3.33. The van der Waals surface area contributed by atoms with Gasteiger partial charge in [0, 0.05) is 23.7 Å². The molecule has 37 heavy (non-hydrogen) atoms. The first-order valence-electron chi connectivity index (χ1n) is 12.8. The zero-order valence-corrected chi connectivity index (χ0v) is 23.4. The van der Waals surface area contributed by atoms with Gasteiger partial charge in [0.25, 0.3) is 15.9 Å². The minimum absolute atomic E-state index is 0.0401. The Morgan fingerprint density at radius 1 is 1.27 bits per heavy atom. The van der Waals surface area contributed by atoms with Crippen LogP contribution in [0.15, 0.2) is 38.8 Å². The van der Waals surface area contributed by atoms with Crippen molar-refractivity contribution in [2.75, 3.05) is 22.8 Å². The van der Waals surface area contributed by atoms with Gasteiger partial charge in [0.2, 0.25) is 10.0 Å². The lowest BCUT2D eigenvalue weighted by Gasteiger charge is -2.45. The van der Waals surface area contributed by atoms with Crippen LogP contribution in [-0.2, 0) is 24.8 Å². The number of nitrogens with zero attached hydrogens (tertiary/aromatic N) is 2. The van der Waals surface area contributed by atoms with Gasteiger partial charge in [-0.2, -0.15) is 8.42 Å². The molecule has 1 saturated carbocycles. The van der Waals surface area contributed by atoms with Crippen molar-refractivity contribution in [1.82, 2.24) is 4.90 Å². The van der Waals surface area contributed by atoms with Crippen molar-refractivity contribution in [2.45, 2.75) is 76.7 Å². The van der Waals surface area contributed by atoms with Gasteiger partial charge in [0.15, 0.2) is 5.84 Å². The Kier molecular flexibility index (Phi) is 7.37. The number of fused-ring (bicyclic) bond motifs is 1. The number of hydrogen-bond donors (Lipinski definition) is 3. The molecule has 2 aliphatic heterocycles. The van der Waals surface area contributed by atoms with Gasteiger partial charge in [-0.05, 0) is 56.2 Å². The van der Waals surface area contributed by atoms with Crippen molar-refractivity contribution in [2.24, 2.45) is 15.7 Å². The number of aliphatic hydroxyl groups excluding tert-OH is 1. The second-order valence-corrected chi connectivity index (χ2v) is 14.1. The fourth-order valence-electron chi connectivity index (χ4n) is 5.47. The molecule has 3 N–H and O–H groups in total. The molecule has 1 aromatic carbocycles. The molecule has 3 aliphatic rings. The van der Waals surface area contributed by atoms with E-state index in [1.54, 1.807) is 0 Å². The number of amidine groups is 1. The van der Waals surface area contributed by atoms with E-state index >= 15 is 0 Å². The van der Waals surface area contributed by atoms with E-state index in [1.807, 2.05) is 11.8 Å². The third kappa shape index (κ3) is 5.50. The number of amides is 1. The van der Waals surface area contributed by atoms with Crippen molar-refractivity contribution >= 4 is 43.2 Å². The number of hydrogen-bond acceptors (Lipinski definition) is 7. The number of anilines is 2. The Balaban J connectivity index is 1.81. The summed E-state index contributed by atoms with van der Waals surface area (Å²) in [6.07, 6.45) is 6.85. The molecule has 12 heteroatoms. The topological polar surface area (TPSA) is 145 Å². The molecule has 4 rings (SSSR count). The molecular weight excluding hydrogens is 516 g/mol. The van der Waals surface area contributed by atoms with E-state index in [1.165, 1.54) is 18.2 Å². The summed E-state index contributed by atoms with van der Waals surface area (Å²) in [5, 5.41) is 14.5. The molecule has 2 heterocycles. The van der Waals surface area contributed by atoms with Gasteiger partial charge in [0.1, 0.15) is 16.2 Å². The molecule has 1 fully saturated rings. The van der Waals surface area contributed by atoms with Crippen LogP contribution in [-0.4, -0.2) is 57.4 Å². The van der Waals surface area contributed by atoms with Crippen LogP contribution in [0.5, 0.6) is 0 Å². The summed E-state index contributed by atoms with van der Waals surface area (Å²) >= 11 is 0. The Bertz CT molecular complexity index is 1360. The van der Waals surface area contributed by atoms with Crippen LogP contribution in [0.1, 0.15) is 65.7 Å². The molecule has 204 valence electrons. The molecule has 1 atom stereocenters. The van der Waals surface area contributed by atoms with Crippen LogP contribution < -0.4 is 10.0 Å². The Morgan fingerprint density at radius 3 is 2.54 bits per heavy atom. The summed E-state index contributed by atoms with van der Waals surface area (Å²) in [6.45, 7) is 6.59. The van der Waals surface area contributed by atoms with Gasteiger partial charge in [-0.3, -0.25) is 9.52 Å². The van der Waals surface area contributed by atoms with E-state index in [0.717, 1.165) is 38.4 Å². The van der Waals surface area contributed by atoms with E-state index in [4.69, 9.17) is 0 Å². The molecule has 0 aromatic heterocycles. The van der Waals surface area contributed by atoms with Crippen LogP contribution in [0, 0.1) is 11.3 Å². The molecule has 0 radical (unpaired) electrons. The zero-order chi connectivity index (χ0) is 27.2. The van der Waals surface area contributed by atoms with E-state index in [9.17, 15) is 26.7 Å². The predicted octanol–water partition coefficient (Wildman–Crippen LogP) is 4.00. The number of carbonyl (C=O) groups is 1. The van der Waals surface area contributed by atoms with Crippen LogP contribution in [0.4, 0.5) is 11.4 Å². The van der Waals surface area contributed by atoms with E-state index in [0.29, 0.717) is 25.3 Å². The first kappa shape index (κ1) is 27.4. The molecule has 0 unspecified atom stereocenters. The minimum Gasteiger partial charge on any atom is -0.511 e. The highest BCUT2D eigenvalue weighted by Gasteiger charge is 2.48. The molecule has 1 amide bonds. The fraction of sp³-hybridized carbons (Fsp3) is 0.600. The van der Waals surface area contributed by atoms with Crippen molar-refractivity contribution in [3.05, 3.63) is 29.5 Å². The molecule has 0 spiro atoms. The van der Waals surface area contributed by atoms with Crippen molar-refractivity contribution in [3.8, 4) is 0 Å². The van der Waals surface area contributed by atoms with E-state index < -0.39 is 31.4 Å². The summed E-state index contributed by atoms with van der Waals surface area (Å²) < 4.78 is 55.8. The maximum absolute atomic E-state index is 13.8. The SMILES string of the molecule is CC[C@@]1(CCC(C)C)CN(C2CCCC2)C(=O)C(C2=NS(=O)(=O)c3cc(NS(C)(=O)=O)ccc3N2)=C1O. The molecule has 10 nitrogen and oxygen atoms in total. The third-order valence-corrected chi connectivity index (χ3v) is 9.52. The second-order valence-electron chi connectivity index (χ2n) is 10.8. The fourth-order valence-corrected chi connectivity index (χ4v) is 7.17. The molecule has 1 aliphatic carbocycles. The predicted molar refractivity (Wildman–Crippen MR) is 144 cm³/mol. The summed E-state index contributed by atoms with van der Waals surface area (Å²) in [4.78, 5) is 15.4. The Hall–Kier alpha value is -2.60. The maximum atomic E-state index is 13.8. The number of nitrogens with one attached hydrogen (secondary N) is 2. The van der Waals surface area contributed by atoms with Gasteiger partial charge in [0.05, 0.1) is 11.9 Å². The lowest BCUT2D eigenvalue weighted by molar-refractivity contribution is -0.133. The van der Waals surface area contributed by atoms with Crippen LogP contribution in [0.25, 0.3) is 0 Å². The second kappa shape index (κ2) is 9.94. The first-order chi connectivity index (χ1) is 17.3. The van der Waals surface area contributed by atoms with Crippen LogP contribution >= 0.6 is 0 Å². The lowest BCUT2D eigenvalue weighted by Crippen LogP contribution is -2.53. The lowest BCUT2D eigenvalue weighted by atomic mass is 9.72. The molecule has 0 saturated heterocycles. The summed E-state index contributed by atoms with van der Waals surface area (Å²) in [7, 11) is -7.91. The normalized spacial score (nSPS) is 24.2. The number of carbonyl (C=O) groups excluding carboxylic acids is 1. The molecule has 1 aromatic rings. The minimum atomic E-state index is -4.30. The van der Waals surface area contributed by atoms with Crippen molar-refractivity contribution in [3.63, 3.8) is 0 Å². The number of rotatable bonds is 8. The highest BCUT2D eigenvalue weighted by Crippen LogP contribution is 2.45. The van der Waals surface area contributed by atoms with Gasteiger partial charge in [-0.15, -0.1) is 4.40 Å². The Morgan fingerprint density at radius 2 is 1.95 bits per heavy atom. The van der Waals surface area contributed by atoms with E-state index in [-0.39, 0.29) is 39.5 Å². The van der Waals surface area contributed by atoms with Gasteiger partial charge < -0.3 is 15.3 Å². The standard InChI is InChI=1S/C25H36N4O6S2/c1-5-25(13-12-16(2)3)15-29(18-8-6-7-9-18)24(31)21(22(25)30)23-26-19-11-10-17(27-36(4,32)33)14-20(19)37(34,35)28-23/h10-11,14,16,18,27,30H,5-9,12-13,15H2,1-4H3,(H,26,28)/t25-/m1/s1. The zero-order valence-electron chi connectivity index (χ0n) is 21.7. The number of aliphatic hydroxyl groups is 1. The van der Waals surface area contributed by atoms with Crippen LogP contribution in [0.3, 0.4) is 0 Å². The largest absolute Gasteiger partial charge is 0.511 e. The third-order valence-electron chi connectivity index (χ3n) is 7.59. The first-order valence-corrected chi connectivity index (χ1v) is 16.1. The van der Waals surface area contributed by atoms with E-state index in [2.05, 4.69) is 28.3 Å². The summed E-state index contributed by atoms with van der Waals surface area (Å²) in [6, 6.07) is 4.06. The Labute approximate surface area is 219 Å². The molecule has 0 bridgehead atoms. The smallest absolute Gasteiger partial charge is 0.286 e. The number of sulfonamides is 2. The van der Waals surface area contributed by atoms with Gasteiger partial charge in [-0.25, -0.2) is 8.42 Å². The number of benzene rings is 1. The maximum Gasteiger partial charge on any atom is 0.286 e. The summed E-state index contributed by atoms with van der Waals surface area (Å²) in [5.74, 6) is -0.346. The highest BCUT2D eigenvalue weighted by molar-refractivity contribution is 7.92. The van der Waals surface area contributed by atoms with Gasteiger partial charge in [-0.1, -0.05) is 33.6 Å².